The Labute approximate surface area is 185 Å². The van der Waals surface area contributed by atoms with E-state index in [1.54, 1.807) is 13.8 Å². The molecule has 2 N–H and O–H groups in total. The standard InChI is InChI=1S/C24H38O7/c1-7-29-22(27)16(3)18-10-12-23(5,28)20-11-13-24(6,31-20)21(30-17(4)25)9-8-15(2)19(26)14-18/h8,18-21,26,28H,3,7,9-14H2,1-2,4-6H3/b15-8+/t18-,19+,20+,21+,23-,24-/m1/s1. The second-order valence-corrected chi connectivity index (χ2v) is 9.33. The first-order valence-corrected chi connectivity index (χ1v) is 11.2. The summed E-state index contributed by atoms with van der Waals surface area (Å²) in [6.07, 6.45) is 2.88. The minimum absolute atomic E-state index is 0.246. The quantitative estimate of drug-likeness (QED) is 0.395. The summed E-state index contributed by atoms with van der Waals surface area (Å²) in [5.74, 6) is -1.22. The highest BCUT2D eigenvalue weighted by molar-refractivity contribution is 5.88. The van der Waals surface area contributed by atoms with E-state index in [9.17, 15) is 19.8 Å². The minimum Gasteiger partial charge on any atom is -0.463 e. The average molecular weight is 439 g/mol. The first-order valence-electron chi connectivity index (χ1n) is 11.2. The molecule has 2 rings (SSSR count). The van der Waals surface area contributed by atoms with Gasteiger partial charge in [-0.15, -0.1) is 0 Å². The lowest BCUT2D eigenvalue weighted by molar-refractivity contribution is -0.182. The van der Waals surface area contributed by atoms with E-state index in [0.717, 1.165) is 5.57 Å². The van der Waals surface area contributed by atoms with Gasteiger partial charge in [0.25, 0.3) is 0 Å². The smallest absolute Gasteiger partial charge is 0.333 e. The van der Waals surface area contributed by atoms with Crippen LogP contribution in [0, 0.1) is 5.92 Å². The van der Waals surface area contributed by atoms with Crippen molar-refractivity contribution < 1.29 is 34.0 Å². The third-order valence-electron chi connectivity index (χ3n) is 6.71. The number of carbonyl (C=O) groups is 2. The number of ether oxygens (including phenoxy) is 3. The van der Waals surface area contributed by atoms with Gasteiger partial charge in [-0.2, -0.15) is 0 Å². The number of carbonyl (C=O) groups excluding carboxylic acids is 2. The summed E-state index contributed by atoms with van der Waals surface area (Å²) in [5, 5.41) is 22.0. The Morgan fingerprint density at radius 2 is 1.97 bits per heavy atom. The van der Waals surface area contributed by atoms with Crippen molar-refractivity contribution in [3.8, 4) is 0 Å². The zero-order valence-electron chi connectivity index (χ0n) is 19.5. The fourth-order valence-electron chi connectivity index (χ4n) is 4.49. The number of aliphatic hydroxyl groups excluding tert-OH is 1. The number of rotatable bonds is 4. The predicted octanol–water partition coefficient (Wildman–Crippen LogP) is 3.22. The van der Waals surface area contributed by atoms with Crippen molar-refractivity contribution in [2.45, 2.75) is 103 Å². The Hall–Kier alpha value is -1.70. The van der Waals surface area contributed by atoms with Crippen LogP contribution in [0.25, 0.3) is 0 Å². The normalized spacial score (nSPS) is 38.6. The highest BCUT2D eigenvalue weighted by Gasteiger charge is 2.49. The number of hydrogen-bond acceptors (Lipinski definition) is 7. The largest absolute Gasteiger partial charge is 0.463 e. The van der Waals surface area contributed by atoms with Gasteiger partial charge >= 0.3 is 11.9 Å². The highest BCUT2D eigenvalue weighted by atomic mass is 16.6. The van der Waals surface area contributed by atoms with Gasteiger partial charge in [-0.25, -0.2) is 4.79 Å². The van der Waals surface area contributed by atoms with Gasteiger partial charge in [0.05, 0.1) is 24.4 Å². The van der Waals surface area contributed by atoms with Crippen LogP contribution in [0.4, 0.5) is 0 Å². The maximum Gasteiger partial charge on any atom is 0.333 e. The molecule has 1 saturated heterocycles. The summed E-state index contributed by atoms with van der Waals surface area (Å²) in [7, 11) is 0. The van der Waals surface area contributed by atoms with Crippen molar-refractivity contribution in [1.82, 2.24) is 0 Å². The van der Waals surface area contributed by atoms with Gasteiger partial charge in [0.2, 0.25) is 0 Å². The van der Waals surface area contributed by atoms with Gasteiger partial charge in [0.1, 0.15) is 11.7 Å². The lowest BCUT2D eigenvalue weighted by Gasteiger charge is -2.36. The van der Waals surface area contributed by atoms with Crippen LogP contribution in [-0.4, -0.2) is 58.3 Å². The molecule has 0 aromatic carbocycles. The molecule has 7 nitrogen and oxygen atoms in total. The minimum atomic E-state index is -1.15. The maximum atomic E-state index is 12.3. The molecule has 31 heavy (non-hydrogen) atoms. The Morgan fingerprint density at radius 3 is 2.58 bits per heavy atom. The molecular weight excluding hydrogens is 400 g/mol. The molecule has 0 spiro atoms. The molecule has 0 radical (unpaired) electrons. The molecule has 0 unspecified atom stereocenters. The summed E-state index contributed by atoms with van der Waals surface area (Å²) in [4.78, 5) is 24.0. The lowest BCUT2D eigenvalue weighted by Crippen LogP contribution is -2.46. The topological polar surface area (TPSA) is 102 Å². The summed E-state index contributed by atoms with van der Waals surface area (Å²) in [5.41, 5.74) is -0.852. The van der Waals surface area contributed by atoms with Gasteiger partial charge < -0.3 is 24.4 Å². The molecule has 6 atom stereocenters. The summed E-state index contributed by atoms with van der Waals surface area (Å²) < 4.78 is 17.0. The Bertz CT molecular complexity index is 711. The van der Waals surface area contributed by atoms with Crippen molar-refractivity contribution in [3.63, 3.8) is 0 Å². The van der Waals surface area contributed by atoms with E-state index in [4.69, 9.17) is 14.2 Å². The van der Waals surface area contributed by atoms with Crippen LogP contribution >= 0.6 is 0 Å². The third kappa shape index (κ3) is 6.40. The molecule has 2 aliphatic heterocycles. The van der Waals surface area contributed by atoms with Crippen molar-refractivity contribution in [2.24, 2.45) is 5.92 Å². The van der Waals surface area contributed by atoms with Crippen LogP contribution in [0.2, 0.25) is 0 Å². The zero-order chi connectivity index (χ0) is 23.4. The van der Waals surface area contributed by atoms with Crippen LogP contribution in [0.3, 0.4) is 0 Å². The first kappa shape index (κ1) is 25.6. The predicted molar refractivity (Wildman–Crippen MR) is 116 cm³/mol. The fourth-order valence-corrected chi connectivity index (χ4v) is 4.49. The Balaban J connectivity index is 2.36. The van der Waals surface area contributed by atoms with Crippen molar-refractivity contribution in [1.29, 1.82) is 0 Å². The molecular formula is C24H38O7. The van der Waals surface area contributed by atoms with Crippen LogP contribution < -0.4 is 0 Å². The monoisotopic (exact) mass is 438 g/mol. The second kappa shape index (κ2) is 10.3. The highest BCUT2D eigenvalue weighted by Crippen LogP contribution is 2.42. The SMILES string of the molecule is C=C(C(=O)OCC)[C@@H]1CC[C@@](C)(O)[C@@H]2CC[C@@](C)(O2)[C@@H](OC(C)=O)C/C=C(\C)[C@@H](O)C1. The molecule has 0 aliphatic carbocycles. The van der Waals surface area contributed by atoms with Gasteiger partial charge in [0, 0.05) is 18.9 Å². The van der Waals surface area contributed by atoms with Gasteiger partial charge in [0.15, 0.2) is 0 Å². The fraction of sp³-hybridized carbons (Fsp3) is 0.750. The molecule has 0 aromatic rings. The molecule has 176 valence electrons. The number of esters is 2. The van der Waals surface area contributed by atoms with Crippen molar-refractivity contribution in [3.05, 3.63) is 23.8 Å². The lowest BCUT2D eigenvalue weighted by atomic mass is 9.81. The summed E-state index contributed by atoms with van der Waals surface area (Å²) >= 11 is 0. The number of aliphatic hydroxyl groups is 2. The molecule has 1 fully saturated rings. The Morgan fingerprint density at radius 1 is 1.29 bits per heavy atom. The van der Waals surface area contributed by atoms with Gasteiger partial charge in [-0.3, -0.25) is 4.79 Å². The van der Waals surface area contributed by atoms with Crippen LogP contribution in [0.1, 0.15) is 73.1 Å². The second-order valence-electron chi connectivity index (χ2n) is 9.33. The Kier molecular flexibility index (Phi) is 8.47. The van der Waals surface area contributed by atoms with E-state index in [2.05, 4.69) is 6.58 Å². The van der Waals surface area contributed by atoms with E-state index in [0.29, 0.717) is 37.7 Å². The summed E-state index contributed by atoms with van der Waals surface area (Å²) in [6, 6.07) is 0. The van der Waals surface area contributed by atoms with Gasteiger partial charge in [-0.1, -0.05) is 12.7 Å². The van der Waals surface area contributed by atoms with Crippen LogP contribution in [0.15, 0.2) is 23.8 Å². The van der Waals surface area contributed by atoms with E-state index >= 15 is 0 Å². The van der Waals surface area contributed by atoms with Gasteiger partial charge in [-0.05, 0) is 71.3 Å². The van der Waals surface area contributed by atoms with E-state index < -0.39 is 41.5 Å². The first-order chi connectivity index (χ1) is 14.4. The maximum absolute atomic E-state index is 12.3. The van der Waals surface area contributed by atoms with Crippen LogP contribution in [-0.2, 0) is 23.8 Å². The molecule has 0 saturated carbocycles. The summed E-state index contributed by atoms with van der Waals surface area (Å²) in [6.45, 7) is 12.7. The molecule has 2 bridgehead atoms. The van der Waals surface area contributed by atoms with E-state index in [1.165, 1.54) is 6.92 Å². The molecule has 0 aromatic heterocycles. The van der Waals surface area contributed by atoms with E-state index in [1.807, 2.05) is 19.9 Å². The average Bonchev–Trinajstić information content (AvgIpc) is 3.11. The van der Waals surface area contributed by atoms with Crippen molar-refractivity contribution >= 4 is 11.9 Å². The number of hydrogen-bond donors (Lipinski definition) is 2. The number of fused-ring (bicyclic) bond motifs is 2. The van der Waals surface area contributed by atoms with Crippen molar-refractivity contribution in [2.75, 3.05) is 6.61 Å². The molecule has 0 amide bonds. The molecule has 2 heterocycles. The molecule has 7 heteroatoms. The zero-order valence-corrected chi connectivity index (χ0v) is 19.5. The molecule has 2 aliphatic rings. The van der Waals surface area contributed by atoms with E-state index in [-0.39, 0.29) is 18.9 Å². The van der Waals surface area contributed by atoms with Crippen LogP contribution in [0.5, 0.6) is 0 Å². The third-order valence-corrected chi connectivity index (χ3v) is 6.71.